The van der Waals surface area contributed by atoms with E-state index in [0.29, 0.717) is 4.88 Å². The summed E-state index contributed by atoms with van der Waals surface area (Å²) in [4.78, 5) is 25.5. The fraction of sp³-hybridized carbons (Fsp3) is 0.200. The van der Waals surface area contributed by atoms with Gasteiger partial charge in [0, 0.05) is 4.88 Å². The van der Waals surface area contributed by atoms with E-state index in [2.05, 4.69) is 11.4 Å². The molecule has 1 amide bonds. The molecule has 2 aromatic carbocycles. The minimum Gasteiger partial charge on any atom is -0.451 e. The number of nitrogens with one attached hydrogen (secondary N) is 1. The van der Waals surface area contributed by atoms with Crippen molar-refractivity contribution in [3.63, 3.8) is 0 Å². The quantitative estimate of drug-likeness (QED) is 0.698. The highest BCUT2D eigenvalue weighted by atomic mass is 32.1. The first-order chi connectivity index (χ1) is 12.0. The van der Waals surface area contributed by atoms with E-state index in [9.17, 15) is 9.59 Å². The molecule has 4 nitrogen and oxygen atoms in total. The van der Waals surface area contributed by atoms with Gasteiger partial charge in [0.05, 0.1) is 6.04 Å². The van der Waals surface area contributed by atoms with Gasteiger partial charge in [0.25, 0.3) is 5.91 Å². The highest BCUT2D eigenvalue weighted by Gasteiger charge is 2.14. The van der Waals surface area contributed by atoms with Crippen LogP contribution in [-0.4, -0.2) is 18.5 Å². The van der Waals surface area contributed by atoms with Crippen LogP contribution in [0.3, 0.4) is 0 Å². The molecule has 0 radical (unpaired) electrons. The van der Waals surface area contributed by atoms with Crippen molar-refractivity contribution < 1.29 is 14.3 Å². The lowest BCUT2D eigenvalue weighted by Crippen LogP contribution is -2.31. The second kappa shape index (κ2) is 7.49. The van der Waals surface area contributed by atoms with E-state index in [1.807, 2.05) is 56.3 Å². The number of amides is 1. The van der Waals surface area contributed by atoms with Gasteiger partial charge < -0.3 is 10.1 Å². The molecule has 0 aliphatic heterocycles. The minimum atomic E-state index is -0.466. The maximum atomic E-state index is 12.0. The Kier molecular flexibility index (Phi) is 5.14. The van der Waals surface area contributed by atoms with Crippen molar-refractivity contribution in [1.82, 2.24) is 5.32 Å². The van der Waals surface area contributed by atoms with Crippen LogP contribution in [0, 0.1) is 6.92 Å². The summed E-state index contributed by atoms with van der Waals surface area (Å²) in [5, 5.41) is 5.14. The summed E-state index contributed by atoms with van der Waals surface area (Å²) in [5.74, 6) is -0.783. The molecule has 3 rings (SSSR count). The Morgan fingerprint density at radius 2 is 1.84 bits per heavy atom. The summed E-state index contributed by atoms with van der Waals surface area (Å²) >= 11 is 1.35. The van der Waals surface area contributed by atoms with Gasteiger partial charge in [0.1, 0.15) is 4.88 Å². The van der Waals surface area contributed by atoms with E-state index in [1.54, 1.807) is 6.07 Å². The van der Waals surface area contributed by atoms with Crippen LogP contribution in [-0.2, 0) is 9.53 Å². The van der Waals surface area contributed by atoms with Crippen molar-refractivity contribution in [2.24, 2.45) is 0 Å². The average Bonchev–Trinajstić information content (AvgIpc) is 3.05. The molecule has 0 saturated carbocycles. The molecular weight excluding hydrogens is 334 g/mol. The zero-order valence-electron chi connectivity index (χ0n) is 14.1. The lowest BCUT2D eigenvalue weighted by atomic mass is 10.0. The van der Waals surface area contributed by atoms with E-state index in [1.165, 1.54) is 11.3 Å². The second-order valence-electron chi connectivity index (χ2n) is 5.88. The smallest absolute Gasteiger partial charge is 0.348 e. The highest BCUT2D eigenvalue weighted by molar-refractivity contribution is 7.13. The third-order valence-electron chi connectivity index (χ3n) is 3.93. The number of fused-ring (bicyclic) bond motifs is 1. The monoisotopic (exact) mass is 353 g/mol. The first-order valence-corrected chi connectivity index (χ1v) is 8.86. The molecule has 25 heavy (non-hydrogen) atoms. The normalized spacial score (nSPS) is 11.9. The SMILES string of the molecule is Cc1ccc(C(=O)OCC(=O)NC(C)c2ccc3ccccc3c2)s1. The van der Waals surface area contributed by atoms with E-state index >= 15 is 0 Å². The second-order valence-corrected chi connectivity index (χ2v) is 7.17. The Morgan fingerprint density at radius 3 is 2.56 bits per heavy atom. The van der Waals surface area contributed by atoms with Gasteiger partial charge in [-0.3, -0.25) is 4.79 Å². The van der Waals surface area contributed by atoms with E-state index < -0.39 is 5.97 Å². The van der Waals surface area contributed by atoms with Crippen LogP contribution < -0.4 is 5.32 Å². The first kappa shape index (κ1) is 17.2. The summed E-state index contributed by atoms with van der Waals surface area (Å²) in [6.07, 6.45) is 0. The molecule has 128 valence electrons. The van der Waals surface area contributed by atoms with Gasteiger partial charge in [0.2, 0.25) is 0 Å². The Morgan fingerprint density at radius 1 is 1.08 bits per heavy atom. The third kappa shape index (κ3) is 4.25. The number of aryl methyl sites for hydroxylation is 1. The topological polar surface area (TPSA) is 55.4 Å². The van der Waals surface area contributed by atoms with Crippen molar-refractivity contribution in [3.8, 4) is 0 Å². The summed E-state index contributed by atoms with van der Waals surface area (Å²) < 4.78 is 5.07. The number of thiophene rings is 1. The molecule has 0 fully saturated rings. The first-order valence-electron chi connectivity index (χ1n) is 8.04. The molecular formula is C20H19NO3S. The molecule has 1 unspecified atom stereocenters. The van der Waals surface area contributed by atoms with Crippen molar-refractivity contribution in [2.45, 2.75) is 19.9 Å². The Labute approximate surface area is 150 Å². The van der Waals surface area contributed by atoms with Crippen molar-refractivity contribution in [1.29, 1.82) is 0 Å². The Balaban J connectivity index is 1.57. The lowest BCUT2D eigenvalue weighted by molar-refractivity contribution is -0.124. The summed E-state index contributed by atoms with van der Waals surface area (Å²) in [5.41, 5.74) is 1.01. The highest BCUT2D eigenvalue weighted by Crippen LogP contribution is 2.20. The molecule has 3 aromatic rings. The van der Waals surface area contributed by atoms with Gasteiger partial charge in [-0.25, -0.2) is 4.79 Å². The largest absolute Gasteiger partial charge is 0.451 e. The predicted molar refractivity (Wildman–Crippen MR) is 99.8 cm³/mol. The summed E-state index contributed by atoms with van der Waals surface area (Å²) in [6.45, 7) is 3.54. The summed E-state index contributed by atoms with van der Waals surface area (Å²) in [6, 6.07) is 17.5. The van der Waals surface area contributed by atoms with E-state index in [-0.39, 0.29) is 18.6 Å². The number of carbonyl (C=O) groups is 2. The minimum absolute atomic E-state index is 0.167. The molecule has 0 spiro atoms. The fourth-order valence-electron chi connectivity index (χ4n) is 2.59. The Hall–Kier alpha value is -2.66. The number of benzene rings is 2. The van der Waals surface area contributed by atoms with Crippen molar-refractivity contribution in [2.75, 3.05) is 6.61 Å². The lowest BCUT2D eigenvalue weighted by Gasteiger charge is -2.15. The van der Waals surface area contributed by atoms with Crippen LogP contribution in [0.15, 0.2) is 54.6 Å². The maximum Gasteiger partial charge on any atom is 0.348 e. The molecule has 1 atom stereocenters. The number of esters is 1. The zero-order chi connectivity index (χ0) is 17.8. The van der Waals surface area contributed by atoms with Crippen molar-refractivity contribution in [3.05, 3.63) is 69.9 Å². The number of rotatable bonds is 5. The van der Waals surface area contributed by atoms with Gasteiger partial charge in [-0.2, -0.15) is 0 Å². The molecule has 1 N–H and O–H groups in total. The predicted octanol–water partition coefficient (Wildman–Crippen LogP) is 4.24. The van der Waals surface area contributed by atoms with Gasteiger partial charge in [0.15, 0.2) is 6.61 Å². The van der Waals surface area contributed by atoms with Crippen LogP contribution in [0.1, 0.15) is 33.1 Å². The molecule has 5 heteroatoms. The molecule has 0 aliphatic rings. The van der Waals surface area contributed by atoms with E-state index in [0.717, 1.165) is 21.2 Å². The number of hydrogen-bond acceptors (Lipinski definition) is 4. The van der Waals surface area contributed by atoms with Crippen molar-refractivity contribution >= 4 is 34.0 Å². The van der Waals surface area contributed by atoms with Crippen LogP contribution in [0.2, 0.25) is 0 Å². The Bertz CT molecular complexity index is 916. The molecule has 0 bridgehead atoms. The standard InChI is InChI=1S/C20H19NO3S/c1-13-7-10-18(25-13)20(23)24-12-19(22)21-14(2)16-9-8-15-5-3-4-6-17(15)11-16/h3-11,14H,12H2,1-2H3,(H,21,22). The van der Waals surface area contributed by atoms with E-state index in [4.69, 9.17) is 4.74 Å². The molecule has 0 aliphatic carbocycles. The van der Waals surface area contributed by atoms with Gasteiger partial charge >= 0.3 is 5.97 Å². The van der Waals surface area contributed by atoms with Gasteiger partial charge in [-0.15, -0.1) is 11.3 Å². The van der Waals surface area contributed by atoms with Crippen LogP contribution in [0.5, 0.6) is 0 Å². The zero-order valence-corrected chi connectivity index (χ0v) is 14.9. The third-order valence-corrected chi connectivity index (χ3v) is 4.91. The maximum absolute atomic E-state index is 12.0. The molecule has 1 aromatic heterocycles. The van der Waals surface area contributed by atoms with Crippen LogP contribution >= 0.6 is 11.3 Å². The molecule has 1 heterocycles. The number of carbonyl (C=O) groups excluding carboxylic acids is 2. The number of ether oxygens (including phenoxy) is 1. The fourth-order valence-corrected chi connectivity index (χ4v) is 3.35. The van der Waals surface area contributed by atoms with Crippen LogP contribution in [0.25, 0.3) is 10.8 Å². The summed E-state index contributed by atoms with van der Waals surface area (Å²) in [7, 11) is 0. The van der Waals surface area contributed by atoms with Gasteiger partial charge in [-0.1, -0.05) is 36.4 Å². The number of hydrogen-bond donors (Lipinski definition) is 1. The molecule has 0 saturated heterocycles. The average molecular weight is 353 g/mol. The van der Waals surface area contributed by atoms with Gasteiger partial charge in [-0.05, 0) is 48.4 Å². The van der Waals surface area contributed by atoms with Crippen LogP contribution in [0.4, 0.5) is 0 Å².